The fourth-order valence-corrected chi connectivity index (χ4v) is 5.70. The highest BCUT2D eigenvalue weighted by molar-refractivity contribution is 5.97. The Hall–Kier alpha value is -4.85. The Morgan fingerprint density at radius 3 is 1.43 bits per heavy atom. The van der Waals surface area contributed by atoms with Crippen LogP contribution in [0.5, 0.6) is 0 Å². The number of hydrogen-bond acceptors (Lipinski definition) is 11. The summed E-state index contributed by atoms with van der Waals surface area (Å²) in [7, 11) is 0. The molecular weight excluding hydrogens is 756 g/mol. The van der Waals surface area contributed by atoms with Crippen molar-refractivity contribution in [1.29, 1.82) is 0 Å². The number of carboxylic acids is 1. The molecule has 0 aliphatic heterocycles. The van der Waals surface area contributed by atoms with Crippen molar-refractivity contribution in [2.24, 2.45) is 46.6 Å². The molecule has 0 radical (unpaired) electrons. The van der Waals surface area contributed by atoms with Gasteiger partial charge in [0.1, 0.15) is 36.3 Å². The topological polar surface area (TPSA) is 350 Å². The van der Waals surface area contributed by atoms with Crippen molar-refractivity contribution in [1.82, 2.24) is 31.9 Å². The lowest BCUT2D eigenvalue weighted by molar-refractivity contribution is -0.144. The SMILES string of the molecule is CC[C@H](C)[C@@H](NC(=O)[C@@H](CCC(N)=O)NC(=O)[C@@H](CC(C)C)NC(=O)[C@@H](CCCCN)NC(=O)[C@H](N)C(C)C)C(=O)N[C@@H](C(=O)N[C@H](CC(N)=O)C(=O)O)[C@@H](C)CC. The zero-order valence-corrected chi connectivity index (χ0v) is 35.4. The third-order valence-electron chi connectivity index (χ3n) is 9.86. The number of carbonyl (C=O) groups excluding carboxylic acids is 8. The summed E-state index contributed by atoms with van der Waals surface area (Å²) in [5.41, 5.74) is 22.2. The summed E-state index contributed by atoms with van der Waals surface area (Å²) in [6.45, 7) is 14.3. The summed E-state index contributed by atoms with van der Waals surface area (Å²) in [5.74, 6) is -9.19. The molecule has 58 heavy (non-hydrogen) atoms. The molecule has 20 heteroatoms. The van der Waals surface area contributed by atoms with Crippen LogP contribution in [0.4, 0.5) is 0 Å². The van der Waals surface area contributed by atoms with Crippen LogP contribution >= 0.6 is 0 Å². The van der Waals surface area contributed by atoms with Crippen LogP contribution in [-0.2, 0) is 43.2 Å². The van der Waals surface area contributed by atoms with E-state index in [0.29, 0.717) is 32.2 Å². The first-order chi connectivity index (χ1) is 27.0. The van der Waals surface area contributed by atoms with Gasteiger partial charge < -0.3 is 59.9 Å². The third kappa shape index (κ3) is 19.5. The van der Waals surface area contributed by atoms with Gasteiger partial charge in [0.05, 0.1) is 12.5 Å². The van der Waals surface area contributed by atoms with Crippen LogP contribution in [0, 0.1) is 23.7 Å². The third-order valence-corrected chi connectivity index (χ3v) is 9.86. The Morgan fingerprint density at radius 2 is 0.983 bits per heavy atom. The number of carbonyl (C=O) groups is 9. The molecule has 0 aromatic heterocycles. The van der Waals surface area contributed by atoms with E-state index in [9.17, 15) is 48.3 Å². The number of hydrogen-bond donors (Lipinski definition) is 11. The second kappa shape index (κ2) is 27.0. The van der Waals surface area contributed by atoms with Crippen molar-refractivity contribution in [3.8, 4) is 0 Å². The highest BCUT2D eigenvalue weighted by atomic mass is 16.4. The fourth-order valence-electron chi connectivity index (χ4n) is 5.70. The first-order valence-corrected chi connectivity index (χ1v) is 20.1. The van der Waals surface area contributed by atoms with Gasteiger partial charge in [-0.2, -0.15) is 0 Å². The van der Waals surface area contributed by atoms with E-state index in [0.717, 1.165) is 0 Å². The van der Waals surface area contributed by atoms with E-state index in [1.807, 2.05) is 13.8 Å². The molecule has 0 aromatic rings. The standard InChI is InChI=1S/C38H70N10O10/c1-9-21(7)30(36(55)46-26(38(57)58)18-28(41)50)48-37(56)31(22(8)10-2)47-33(52)24(14-15-27(40)49)43-34(53)25(17-19(3)4)45-32(51)23(13-11-12-16-39)44-35(54)29(42)20(5)6/h19-26,29-31H,9-18,39,42H2,1-8H3,(H2,40,49)(H2,41,50)(H,43,53)(H,44,54)(H,45,51)(H,46,55)(H,47,52)(H,48,56)(H,57,58)/t21-,22-,23+,24+,25+,26+,29+,30+,31+/m0/s1. The van der Waals surface area contributed by atoms with Gasteiger partial charge >= 0.3 is 5.97 Å². The molecule has 15 N–H and O–H groups in total. The molecule has 0 saturated carbocycles. The van der Waals surface area contributed by atoms with E-state index < -0.39 is 114 Å². The minimum Gasteiger partial charge on any atom is -0.480 e. The predicted molar refractivity (Wildman–Crippen MR) is 216 cm³/mol. The first kappa shape index (κ1) is 53.1. The van der Waals surface area contributed by atoms with E-state index in [4.69, 9.17) is 22.9 Å². The molecule has 0 aromatic carbocycles. The van der Waals surface area contributed by atoms with Gasteiger partial charge in [-0.25, -0.2) is 4.79 Å². The summed E-state index contributed by atoms with van der Waals surface area (Å²) < 4.78 is 0. The first-order valence-electron chi connectivity index (χ1n) is 20.1. The van der Waals surface area contributed by atoms with Crippen molar-refractivity contribution in [2.75, 3.05) is 6.54 Å². The van der Waals surface area contributed by atoms with E-state index in [2.05, 4.69) is 31.9 Å². The Labute approximate surface area is 341 Å². The lowest BCUT2D eigenvalue weighted by Crippen LogP contribution is -2.61. The number of unbranched alkanes of at least 4 members (excludes halogenated alkanes) is 1. The number of aliphatic carboxylic acids is 1. The molecule has 9 atom stereocenters. The van der Waals surface area contributed by atoms with Crippen molar-refractivity contribution in [3.63, 3.8) is 0 Å². The second-order valence-corrected chi connectivity index (χ2v) is 15.7. The summed E-state index contributed by atoms with van der Waals surface area (Å²) in [4.78, 5) is 116. The van der Waals surface area contributed by atoms with Crippen LogP contribution in [-0.4, -0.2) is 107 Å². The molecule has 0 fully saturated rings. The molecule has 0 unspecified atom stereocenters. The Morgan fingerprint density at radius 1 is 0.552 bits per heavy atom. The summed E-state index contributed by atoms with van der Waals surface area (Å²) >= 11 is 0. The quantitative estimate of drug-likeness (QED) is 0.0379. The smallest absolute Gasteiger partial charge is 0.326 e. The minimum atomic E-state index is -1.65. The van der Waals surface area contributed by atoms with Crippen LogP contribution in [0.15, 0.2) is 0 Å². The fraction of sp³-hybridized carbons (Fsp3) is 0.763. The van der Waals surface area contributed by atoms with Crippen LogP contribution < -0.4 is 54.8 Å². The molecule has 0 aliphatic carbocycles. The number of nitrogens with one attached hydrogen (secondary N) is 6. The van der Waals surface area contributed by atoms with Crippen LogP contribution in [0.2, 0.25) is 0 Å². The summed E-state index contributed by atoms with van der Waals surface area (Å²) in [6.07, 6.45) is 0.840. The van der Waals surface area contributed by atoms with E-state index in [1.54, 1.807) is 41.5 Å². The molecule has 0 rings (SSSR count). The zero-order valence-electron chi connectivity index (χ0n) is 35.4. The maximum Gasteiger partial charge on any atom is 0.326 e. The Bertz CT molecular complexity index is 1410. The monoisotopic (exact) mass is 827 g/mol. The lowest BCUT2D eigenvalue weighted by Gasteiger charge is -2.31. The van der Waals surface area contributed by atoms with E-state index in [1.165, 1.54) is 0 Å². The highest BCUT2D eigenvalue weighted by Crippen LogP contribution is 2.15. The van der Waals surface area contributed by atoms with Crippen molar-refractivity contribution >= 4 is 53.2 Å². The molecular formula is C38H70N10O10. The Kier molecular flexibility index (Phi) is 24.7. The van der Waals surface area contributed by atoms with Gasteiger partial charge in [0.25, 0.3) is 0 Å². The van der Waals surface area contributed by atoms with Gasteiger partial charge in [-0.05, 0) is 62.3 Å². The second-order valence-electron chi connectivity index (χ2n) is 15.7. The molecule has 0 bridgehead atoms. The number of primary amides is 2. The van der Waals surface area contributed by atoms with Crippen molar-refractivity contribution < 1.29 is 48.3 Å². The van der Waals surface area contributed by atoms with Gasteiger partial charge in [0, 0.05) is 6.42 Å². The number of amides is 8. The van der Waals surface area contributed by atoms with Crippen molar-refractivity contribution in [3.05, 3.63) is 0 Å². The van der Waals surface area contributed by atoms with Crippen LogP contribution in [0.25, 0.3) is 0 Å². The highest BCUT2D eigenvalue weighted by Gasteiger charge is 2.36. The number of carboxylic acid groups (broad SMARTS) is 1. The van der Waals surface area contributed by atoms with Gasteiger partial charge in [-0.3, -0.25) is 38.4 Å². The molecule has 332 valence electrons. The largest absolute Gasteiger partial charge is 0.480 e. The van der Waals surface area contributed by atoms with E-state index >= 15 is 0 Å². The number of nitrogens with two attached hydrogens (primary N) is 4. The van der Waals surface area contributed by atoms with Crippen LogP contribution in [0.3, 0.4) is 0 Å². The average molecular weight is 827 g/mol. The van der Waals surface area contributed by atoms with Gasteiger partial charge in [-0.1, -0.05) is 68.2 Å². The minimum absolute atomic E-state index is 0.121. The number of rotatable bonds is 29. The molecule has 0 heterocycles. The lowest BCUT2D eigenvalue weighted by atomic mass is 9.94. The molecule has 0 spiro atoms. The summed E-state index contributed by atoms with van der Waals surface area (Å²) in [5, 5.41) is 24.9. The molecule has 0 aliphatic rings. The van der Waals surface area contributed by atoms with E-state index in [-0.39, 0.29) is 37.5 Å². The zero-order chi connectivity index (χ0) is 44.9. The van der Waals surface area contributed by atoms with Gasteiger partial charge in [-0.15, -0.1) is 0 Å². The molecule has 20 nitrogen and oxygen atoms in total. The maximum absolute atomic E-state index is 13.9. The van der Waals surface area contributed by atoms with Gasteiger partial charge in [0.2, 0.25) is 47.3 Å². The van der Waals surface area contributed by atoms with Crippen LogP contribution in [0.1, 0.15) is 113 Å². The summed E-state index contributed by atoms with van der Waals surface area (Å²) in [6, 6.07) is -8.78. The maximum atomic E-state index is 13.9. The van der Waals surface area contributed by atoms with Gasteiger partial charge in [0.15, 0.2) is 0 Å². The van der Waals surface area contributed by atoms with Crippen molar-refractivity contribution in [2.45, 2.75) is 155 Å². The molecule has 8 amide bonds. The normalized spacial score (nSPS) is 15.9. The average Bonchev–Trinajstić information content (AvgIpc) is 3.14. The molecule has 0 saturated heterocycles. The Balaban J connectivity index is 6.51. The predicted octanol–water partition coefficient (Wildman–Crippen LogP) is -1.63.